The number of thiocarbonyl (C=S) groups is 1. The number of ether oxygens (including phenoxy) is 1. The van der Waals surface area contributed by atoms with Gasteiger partial charge in [0.1, 0.15) is 5.75 Å². The van der Waals surface area contributed by atoms with E-state index in [1.807, 2.05) is 26.0 Å². The Balaban J connectivity index is 2.13. The summed E-state index contributed by atoms with van der Waals surface area (Å²) in [6, 6.07) is 10.9. The van der Waals surface area contributed by atoms with Gasteiger partial charge in [-0.15, -0.1) is 0 Å². The Bertz CT molecular complexity index is 699. The van der Waals surface area contributed by atoms with Crippen LogP contribution in [0.4, 0.5) is 20.2 Å². The lowest BCUT2D eigenvalue weighted by atomic mass is 10.1. The molecule has 122 valence electrons. The topological polar surface area (TPSA) is 33.3 Å². The third kappa shape index (κ3) is 5.17. The Morgan fingerprint density at radius 1 is 0.957 bits per heavy atom. The van der Waals surface area contributed by atoms with Gasteiger partial charge < -0.3 is 15.4 Å². The van der Waals surface area contributed by atoms with E-state index in [1.54, 1.807) is 19.1 Å². The molecule has 0 bridgehead atoms. The van der Waals surface area contributed by atoms with Gasteiger partial charge in [-0.25, -0.2) is 0 Å². The van der Waals surface area contributed by atoms with Gasteiger partial charge in [0.25, 0.3) is 0 Å². The second-order valence-corrected chi connectivity index (χ2v) is 5.74. The van der Waals surface area contributed by atoms with Gasteiger partial charge in [-0.05, 0) is 73.9 Å². The maximum absolute atomic E-state index is 12.5. The van der Waals surface area contributed by atoms with E-state index in [2.05, 4.69) is 21.4 Å². The van der Waals surface area contributed by atoms with Crippen LogP contribution in [-0.4, -0.2) is 11.7 Å². The zero-order chi connectivity index (χ0) is 17.0. The van der Waals surface area contributed by atoms with Gasteiger partial charge in [0.2, 0.25) is 0 Å². The number of halogens is 2. The molecule has 0 heterocycles. The van der Waals surface area contributed by atoms with Crippen molar-refractivity contribution < 1.29 is 13.5 Å². The molecular weight excluding hydrogens is 318 g/mol. The van der Waals surface area contributed by atoms with Crippen LogP contribution in [0.5, 0.6) is 5.75 Å². The fourth-order valence-electron chi connectivity index (χ4n) is 2.26. The minimum Gasteiger partial charge on any atom is -0.433 e. The van der Waals surface area contributed by atoms with Crippen LogP contribution in [0.2, 0.25) is 0 Å². The second kappa shape index (κ2) is 7.37. The minimum atomic E-state index is -2.89. The van der Waals surface area contributed by atoms with Crippen molar-refractivity contribution in [2.45, 2.75) is 27.4 Å². The molecular formula is C17H18F2N2OS. The summed E-state index contributed by atoms with van der Waals surface area (Å²) in [5, 5.41) is 6.24. The van der Waals surface area contributed by atoms with Gasteiger partial charge in [-0.1, -0.05) is 12.1 Å². The summed E-state index contributed by atoms with van der Waals surface area (Å²) >= 11 is 5.25. The number of nitrogens with one attached hydrogen (secondary N) is 2. The lowest BCUT2D eigenvalue weighted by Gasteiger charge is -2.15. The Morgan fingerprint density at radius 2 is 1.61 bits per heavy atom. The summed E-state index contributed by atoms with van der Waals surface area (Å²) in [5.41, 5.74) is 4.25. The van der Waals surface area contributed by atoms with Gasteiger partial charge in [-0.2, -0.15) is 8.78 Å². The number of rotatable bonds is 4. The highest BCUT2D eigenvalue weighted by Crippen LogP contribution is 2.27. The van der Waals surface area contributed by atoms with Crippen molar-refractivity contribution in [3.63, 3.8) is 0 Å². The van der Waals surface area contributed by atoms with Gasteiger partial charge in [0, 0.05) is 5.69 Å². The van der Waals surface area contributed by atoms with E-state index in [9.17, 15) is 8.78 Å². The van der Waals surface area contributed by atoms with Crippen LogP contribution in [-0.2, 0) is 0 Å². The van der Waals surface area contributed by atoms with Crippen molar-refractivity contribution in [3.8, 4) is 5.75 Å². The molecule has 0 spiro atoms. The average Bonchev–Trinajstić information content (AvgIpc) is 2.40. The smallest absolute Gasteiger partial charge is 0.387 e. The largest absolute Gasteiger partial charge is 0.433 e. The molecule has 0 aliphatic heterocycles. The minimum absolute atomic E-state index is 0.0598. The molecule has 0 aliphatic carbocycles. The molecule has 0 aromatic heterocycles. The van der Waals surface area contributed by atoms with Crippen LogP contribution in [0.25, 0.3) is 0 Å². The van der Waals surface area contributed by atoms with Gasteiger partial charge in [0.05, 0.1) is 5.69 Å². The normalized spacial score (nSPS) is 10.5. The van der Waals surface area contributed by atoms with Gasteiger partial charge in [-0.3, -0.25) is 0 Å². The van der Waals surface area contributed by atoms with E-state index in [1.165, 1.54) is 6.07 Å². The highest BCUT2D eigenvalue weighted by Gasteiger charge is 2.11. The van der Waals surface area contributed by atoms with Gasteiger partial charge in [0.15, 0.2) is 5.11 Å². The van der Waals surface area contributed by atoms with Crippen LogP contribution in [0.3, 0.4) is 0 Å². The van der Waals surface area contributed by atoms with Crippen LogP contribution in [0, 0.1) is 20.8 Å². The highest BCUT2D eigenvalue weighted by atomic mass is 32.1. The first-order valence-corrected chi connectivity index (χ1v) is 7.46. The van der Waals surface area contributed by atoms with Crippen LogP contribution in [0.15, 0.2) is 36.4 Å². The number of alkyl halides is 2. The van der Waals surface area contributed by atoms with Crippen LogP contribution in [0.1, 0.15) is 16.7 Å². The quantitative estimate of drug-likeness (QED) is 0.768. The molecule has 2 aromatic carbocycles. The first-order chi connectivity index (χ1) is 10.8. The number of benzene rings is 2. The Labute approximate surface area is 139 Å². The van der Waals surface area contributed by atoms with Crippen molar-refractivity contribution >= 4 is 28.7 Å². The van der Waals surface area contributed by atoms with Crippen molar-refractivity contribution in [1.29, 1.82) is 0 Å². The highest BCUT2D eigenvalue weighted by molar-refractivity contribution is 7.80. The summed E-state index contributed by atoms with van der Waals surface area (Å²) in [6.07, 6.45) is 0. The lowest BCUT2D eigenvalue weighted by Crippen LogP contribution is -2.20. The standard InChI is InChI=1S/C17H18F2N2OS/c1-10-4-5-14(15(9-10)22-16(18)19)21-17(23)20-13-7-11(2)6-12(3)8-13/h4-9,16H,1-3H3,(H2,20,21,23). The Morgan fingerprint density at radius 3 is 2.22 bits per heavy atom. The third-order valence-corrected chi connectivity index (χ3v) is 3.29. The summed E-state index contributed by atoms with van der Waals surface area (Å²) in [7, 11) is 0. The summed E-state index contributed by atoms with van der Waals surface area (Å²) < 4.78 is 29.5. The van der Waals surface area contributed by atoms with Crippen molar-refractivity contribution in [2.24, 2.45) is 0 Å². The zero-order valence-corrected chi connectivity index (χ0v) is 13.9. The first-order valence-electron chi connectivity index (χ1n) is 7.05. The molecule has 0 saturated heterocycles. The maximum Gasteiger partial charge on any atom is 0.387 e. The molecule has 0 radical (unpaired) electrons. The van der Waals surface area contributed by atoms with Crippen molar-refractivity contribution in [3.05, 3.63) is 53.1 Å². The maximum atomic E-state index is 12.5. The molecule has 0 atom stereocenters. The van der Waals surface area contributed by atoms with Gasteiger partial charge >= 0.3 is 6.61 Å². The fourth-order valence-corrected chi connectivity index (χ4v) is 2.49. The number of hydrogen-bond acceptors (Lipinski definition) is 2. The molecule has 3 nitrogen and oxygen atoms in total. The Kier molecular flexibility index (Phi) is 5.50. The molecule has 23 heavy (non-hydrogen) atoms. The molecule has 0 saturated carbocycles. The Hall–Kier alpha value is -2.21. The average molecular weight is 336 g/mol. The van der Waals surface area contributed by atoms with Crippen LogP contribution < -0.4 is 15.4 Å². The van der Waals surface area contributed by atoms with Crippen molar-refractivity contribution in [2.75, 3.05) is 10.6 Å². The summed E-state index contributed by atoms with van der Waals surface area (Å²) in [6.45, 7) is 2.89. The molecule has 0 unspecified atom stereocenters. The SMILES string of the molecule is Cc1cc(C)cc(NC(=S)Nc2ccc(C)cc2OC(F)F)c1. The molecule has 2 rings (SSSR count). The first kappa shape index (κ1) is 17.1. The molecule has 2 aromatic rings. The van der Waals surface area contributed by atoms with Crippen LogP contribution >= 0.6 is 12.2 Å². The van der Waals surface area contributed by atoms with E-state index < -0.39 is 6.61 Å². The number of anilines is 2. The van der Waals surface area contributed by atoms with E-state index in [-0.39, 0.29) is 5.75 Å². The monoisotopic (exact) mass is 336 g/mol. The fraction of sp³-hybridized carbons (Fsp3) is 0.235. The molecule has 0 fully saturated rings. The van der Waals surface area contributed by atoms with E-state index in [4.69, 9.17) is 12.2 Å². The predicted octanol–water partition coefficient (Wildman–Crippen LogP) is 5.02. The lowest BCUT2D eigenvalue weighted by molar-refractivity contribution is -0.0493. The third-order valence-electron chi connectivity index (χ3n) is 3.08. The zero-order valence-electron chi connectivity index (χ0n) is 13.1. The number of aryl methyl sites for hydroxylation is 3. The summed E-state index contributed by atoms with van der Waals surface area (Å²) in [5.74, 6) is 0.0598. The van der Waals surface area contributed by atoms with E-state index in [0.717, 1.165) is 22.4 Å². The van der Waals surface area contributed by atoms with Crippen molar-refractivity contribution in [1.82, 2.24) is 0 Å². The van der Waals surface area contributed by atoms with E-state index in [0.29, 0.717) is 10.8 Å². The molecule has 2 N–H and O–H groups in total. The predicted molar refractivity (Wildman–Crippen MR) is 93.6 cm³/mol. The molecule has 0 aliphatic rings. The summed E-state index contributed by atoms with van der Waals surface area (Å²) in [4.78, 5) is 0. The second-order valence-electron chi connectivity index (χ2n) is 5.33. The van der Waals surface area contributed by atoms with E-state index >= 15 is 0 Å². The molecule has 6 heteroatoms. The molecule has 0 amide bonds. The number of hydrogen-bond donors (Lipinski definition) is 2.